The van der Waals surface area contributed by atoms with Gasteiger partial charge in [0.2, 0.25) is 0 Å². The van der Waals surface area contributed by atoms with Crippen molar-refractivity contribution in [1.29, 1.82) is 0 Å². The van der Waals surface area contributed by atoms with Crippen molar-refractivity contribution in [2.45, 2.75) is 13.3 Å². The Bertz CT molecular complexity index is 840. The van der Waals surface area contributed by atoms with Gasteiger partial charge in [-0.05, 0) is 41.0 Å². The van der Waals surface area contributed by atoms with Gasteiger partial charge >= 0.3 is 0 Å². The molecule has 3 heteroatoms. The normalized spacial score (nSPS) is 10.6. The first kappa shape index (κ1) is 14.1. The lowest BCUT2D eigenvalue weighted by Gasteiger charge is -2.12. The summed E-state index contributed by atoms with van der Waals surface area (Å²) >= 11 is 0. The van der Waals surface area contributed by atoms with Crippen LogP contribution in [0.2, 0.25) is 0 Å². The number of hydrogen-bond donors (Lipinski definition) is 2. The zero-order valence-electron chi connectivity index (χ0n) is 12.5. The highest BCUT2D eigenvalue weighted by atomic mass is 16.1. The summed E-state index contributed by atoms with van der Waals surface area (Å²) in [5, 5.41) is 5.00. The van der Waals surface area contributed by atoms with Crippen molar-refractivity contribution in [3.63, 3.8) is 0 Å². The highest BCUT2D eigenvalue weighted by Crippen LogP contribution is 2.24. The van der Waals surface area contributed by atoms with Gasteiger partial charge in [0.1, 0.15) is 0 Å². The molecule has 0 unspecified atom stereocenters. The number of aryl methyl sites for hydroxylation is 1. The number of hydrogen-bond acceptors (Lipinski definition) is 2. The predicted octanol–water partition coefficient (Wildman–Crippen LogP) is 4.24. The van der Waals surface area contributed by atoms with Crippen LogP contribution in [0.15, 0.2) is 60.7 Å². The molecule has 0 atom stereocenters. The summed E-state index contributed by atoms with van der Waals surface area (Å²) in [6.45, 7) is 2.06. The Morgan fingerprint density at radius 3 is 2.36 bits per heavy atom. The fourth-order valence-corrected chi connectivity index (χ4v) is 2.59. The molecule has 3 aromatic rings. The first-order valence-electron chi connectivity index (χ1n) is 7.36. The maximum absolute atomic E-state index is 12.6. The van der Waals surface area contributed by atoms with Gasteiger partial charge in [0.25, 0.3) is 5.91 Å². The molecule has 3 rings (SSSR count). The number of rotatable bonds is 3. The molecule has 0 aliphatic heterocycles. The molecule has 0 bridgehead atoms. The minimum Gasteiger partial charge on any atom is -0.398 e. The number of nitrogen functional groups attached to an aromatic ring is 1. The van der Waals surface area contributed by atoms with E-state index in [1.807, 2.05) is 60.7 Å². The van der Waals surface area contributed by atoms with E-state index in [0.717, 1.165) is 28.4 Å². The Morgan fingerprint density at radius 1 is 1.00 bits per heavy atom. The van der Waals surface area contributed by atoms with Crippen molar-refractivity contribution < 1.29 is 4.79 Å². The summed E-state index contributed by atoms with van der Waals surface area (Å²) < 4.78 is 0. The van der Waals surface area contributed by atoms with Gasteiger partial charge in [0, 0.05) is 11.4 Å². The van der Waals surface area contributed by atoms with Gasteiger partial charge in [-0.2, -0.15) is 0 Å². The summed E-state index contributed by atoms with van der Waals surface area (Å²) in [6, 6.07) is 19.4. The Labute approximate surface area is 129 Å². The summed E-state index contributed by atoms with van der Waals surface area (Å²) in [5.74, 6) is -0.177. The van der Waals surface area contributed by atoms with Crippen LogP contribution in [0.4, 0.5) is 11.4 Å². The molecule has 110 valence electrons. The van der Waals surface area contributed by atoms with Crippen LogP contribution in [0, 0.1) is 0 Å². The smallest absolute Gasteiger partial charge is 0.257 e. The number of anilines is 2. The van der Waals surface area contributed by atoms with Gasteiger partial charge in [-0.3, -0.25) is 4.79 Å². The highest BCUT2D eigenvalue weighted by molar-refractivity contribution is 6.10. The predicted molar refractivity (Wildman–Crippen MR) is 92.1 cm³/mol. The second-order valence-electron chi connectivity index (χ2n) is 5.25. The molecule has 0 fully saturated rings. The van der Waals surface area contributed by atoms with Crippen molar-refractivity contribution >= 4 is 28.1 Å². The summed E-state index contributed by atoms with van der Waals surface area (Å²) in [5.41, 5.74) is 8.99. The SMILES string of the molecule is CCc1ccccc1NC(=O)c1cc2ccccc2cc1N. The van der Waals surface area contributed by atoms with Crippen LogP contribution in [0.25, 0.3) is 10.8 Å². The van der Waals surface area contributed by atoms with Gasteiger partial charge in [-0.1, -0.05) is 49.4 Å². The number of para-hydroxylation sites is 1. The maximum Gasteiger partial charge on any atom is 0.257 e. The van der Waals surface area contributed by atoms with Crippen molar-refractivity contribution in [2.75, 3.05) is 11.1 Å². The van der Waals surface area contributed by atoms with E-state index in [1.165, 1.54) is 0 Å². The summed E-state index contributed by atoms with van der Waals surface area (Å²) in [7, 11) is 0. The Hall–Kier alpha value is -2.81. The molecule has 0 spiro atoms. The van der Waals surface area contributed by atoms with Crippen LogP contribution in [0.3, 0.4) is 0 Å². The molecule has 22 heavy (non-hydrogen) atoms. The van der Waals surface area contributed by atoms with E-state index in [9.17, 15) is 4.79 Å². The molecular formula is C19H18N2O. The van der Waals surface area contributed by atoms with E-state index in [2.05, 4.69) is 12.2 Å². The van der Waals surface area contributed by atoms with E-state index in [1.54, 1.807) is 0 Å². The third-order valence-electron chi connectivity index (χ3n) is 3.81. The topological polar surface area (TPSA) is 55.1 Å². The fourth-order valence-electron chi connectivity index (χ4n) is 2.59. The number of carbonyl (C=O) groups is 1. The molecule has 3 aromatic carbocycles. The summed E-state index contributed by atoms with van der Waals surface area (Å²) in [6.07, 6.45) is 0.865. The molecule has 0 heterocycles. The van der Waals surface area contributed by atoms with E-state index in [-0.39, 0.29) is 5.91 Å². The van der Waals surface area contributed by atoms with Crippen LogP contribution in [-0.2, 0) is 6.42 Å². The van der Waals surface area contributed by atoms with Crippen LogP contribution >= 0.6 is 0 Å². The van der Waals surface area contributed by atoms with E-state index in [0.29, 0.717) is 11.3 Å². The molecule has 0 aromatic heterocycles. The first-order chi connectivity index (χ1) is 10.7. The second kappa shape index (κ2) is 5.90. The minimum atomic E-state index is -0.177. The minimum absolute atomic E-state index is 0.177. The van der Waals surface area contributed by atoms with Crippen LogP contribution < -0.4 is 11.1 Å². The molecule has 0 radical (unpaired) electrons. The molecule has 1 amide bonds. The molecule has 3 N–H and O–H groups in total. The monoisotopic (exact) mass is 290 g/mol. The van der Waals surface area contributed by atoms with Gasteiger partial charge in [0.05, 0.1) is 5.56 Å². The zero-order chi connectivity index (χ0) is 15.5. The second-order valence-corrected chi connectivity index (χ2v) is 5.25. The van der Waals surface area contributed by atoms with E-state index in [4.69, 9.17) is 5.73 Å². The quantitative estimate of drug-likeness (QED) is 0.709. The number of nitrogens with two attached hydrogens (primary N) is 1. The Kier molecular flexibility index (Phi) is 3.79. The molecule has 0 aliphatic rings. The zero-order valence-corrected chi connectivity index (χ0v) is 12.5. The van der Waals surface area contributed by atoms with Gasteiger partial charge in [-0.15, -0.1) is 0 Å². The third kappa shape index (κ3) is 2.66. The average molecular weight is 290 g/mol. The molecule has 0 saturated carbocycles. The Balaban J connectivity index is 1.97. The van der Waals surface area contributed by atoms with E-state index < -0.39 is 0 Å². The molecule has 0 aliphatic carbocycles. The third-order valence-corrected chi connectivity index (χ3v) is 3.81. The fraction of sp³-hybridized carbons (Fsp3) is 0.105. The average Bonchev–Trinajstić information content (AvgIpc) is 2.54. The number of fused-ring (bicyclic) bond motifs is 1. The number of amides is 1. The van der Waals surface area contributed by atoms with Crippen LogP contribution in [-0.4, -0.2) is 5.91 Å². The lowest BCUT2D eigenvalue weighted by Crippen LogP contribution is -2.15. The van der Waals surface area contributed by atoms with E-state index >= 15 is 0 Å². The highest BCUT2D eigenvalue weighted by Gasteiger charge is 2.12. The van der Waals surface area contributed by atoms with Crippen molar-refractivity contribution in [2.24, 2.45) is 0 Å². The first-order valence-corrected chi connectivity index (χ1v) is 7.36. The van der Waals surface area contributed by atoms with Gasteiger partial charge in [-0.25, -0.2) is 0 Å². The molecule has 3 nitrogen and oxygen atoms in total. The lowest BCUT2D eigenvalue weighted by atomic mass is 10.0. The van der Waals surface area contributed by atoms with Crippen LogP contribution in [0.1, 0.15) is 22.8 Å². The van der Waals surface area contributed by atoms with Gasteiger partial charge in [0.15, 0.2) is 0 Å². The molecule has 0 saturated heterocycles. The Morgan fingerprint density at radius 2 is 1.64 bits per heavy atom. The van der Waals surface area contributed by atoms with Crippen molar-refractivity contribution in [1.82, 2.24) is 0 Å². The number of benzene rings is 3. The maximum atomic E-state index is 12.6. The lowest BCUT2D eigenvalue weighted by molar-refractivity contribution is 0.102. The largest absolute Gasteiger partial charge is 0.398 e. The van der Waals surface area contributed by atoms with Crippen molar-refractivity contribution in [3.8, 4) is 0 Å². The molecular weight excluding hydrogens is 272 g/mol. The number of nitrogens with one attached hydrogen (secondary N) is 1. The van der Waals surface area contributed by atoms with Crippen molar-refractivity contribution in [3.05, 3.63) is 71.8 Å². The summed E-state index contributed by atoms with van der Waals surface area (Å²) in [4.78, 5) is 12.6. The number of carbonyl (C=O) groups excluding carboxylic acids is 1. The standard InChI is InChI=1S/C19H18N2O/c1-2-13-7-5-6-10-18(13)21-19(22)16-11-14-8-3-4-9-15(14)12-17(16)20/h3-12H,2,20H2,1H3,(H,21,22). The van der Waals surface area contributed by atoms with Gasteiger partial charge < -0.3 is 11.1 Å². The van der Waals surface area contributed by atoms with Crippen LogP contribution in [0.5, 0.6) is 0 Å².